The van der Waals surface area contributed by atoms with Crippen molar-refractivity contribution in [3.05, 3.63) is 98.9 Å². The van der Waals surface area contributed by atoms with Crippen molar-refractivity contribution in [1.82, 2.24) is 20.0 Å². The second kappa shape index (κ2) is 14.6. The Labute approximate surface area is 337 Å². The Morgan fingerprint density at radius 3 is 2.19 bits per heavy atom. The number of amides is 5. The van der Waals surface area contributed by atoms with Crippen molar-refractivity contribution in [2.75, 3.05) is 49.1 Å². The number of nitrogens with zero attached hydrogens (tertiary/aromatic N) is 6. The van der Waals surface area contributed by atoms with Gasteiger partial charge in [-0.15, -0.1) is 0 Å². The predicted molar refractivity (Wildman–Crippen MR) is 216 cm³/mol. The van der Waals surface area contributed by atoms with Gasteiger partial charge in [0.1, 0.15) is 6.04 Å². The molecule has 0 bridgehead atoms. The van der Waals surface area contributed by atoms with E-state index in [1.165, 1.54) is 0 Å². The second-order valence-electron chi connectivity index (χ2n) is 16.8. The van der Waals surface area contributed by atoms with Crippen LogP contribution in [0, 0.1) is 12.0 Å². The number of fused-ring (bicyclic) bond motifs is 2. The molecule has 1 N–H and O–H groups in total. The molecule has 12 nitrogen and oxygen atoms in total. The van der Waals surface area contributed by atoms with Crippen LogP contribution in [0.15, 0.2) is 54.6 Å². The summed E-state index contributed by atoms with van der Waals surface area (Å²) < 4.78 is 0. The van der Waals surface area contributed by atoms with E-state index in [9.17, 15) is 24.0 Å². The van der Waals surface area contributed by atoms with E-state index in [0.29, 0.717) is 59.1 Å². The van der Waals surface area contributed by atoms with Crippen molar-refractivity contribution in [2.24, 2.45) is 5.41 Å². The van der Waals surface area contributed by atoms with E-state index in [1.54, 1.807) is 0 Å². The van der Waals surface area contributed by atoms with Gasteiger partial charge < -0.3 is 14.7 Å². The maximum absolute atomic E-state index is 13.6. The van der Waals surface area contributed by atoms with E-state index in [0.717, 1.165) is 92.1 Å². The van der Waals surface area contributed by atoms with Gasteiger partial charge in [-0.1, -0.05) is 17.7 Å². The lowest BCUT2D eigenvalue weighted by Gasteiger charge is -2.41. The quantitative estimate of drug-likeness (QED) is 0.253. The maximum Gasteiger partial charge on any atom is 0.262 e. The number of piperidine rings is 3. The van der Waals surface area contributed by atoms with E-state index in [1.807, 2.05) is 47.4 Å². The lowest BCUT2D eigenvalue weighted by molar-refractivity contribution is -0.136. The molecule has 4 fully saturated rings. The number of hydrogen-bond donors (Lipinski definition) is 1. The van der Waals surface area contributed by atoms with Crippen molar-refractivity contribution >= 4 is 58.2 Å². The van der Waals surface area contributed by atoms with Gasteiger partial charge in [0.2, 0.25) is 17.5 Å². The first-order valence-electron chi connectivity index (χ1n) is 20.2. The van der Waals surface area contributed by atoms with Crippen molar-refractivity contribution in [1.29, 1.82) is 0 Å². The van der Waals surface area contributed by atoms with Gasteiger partial charge in [0.15, 0.2) is 0 Å². The largest absolute Gasteiger partial charge is 0.371 e. The van der Waals surface area contributed by atoms with Crippen LogP contribution in [-0.4, -0.2) is 102 Å². The van der Waals surface area contributed by atoms with Crippen molar-refractivity contribution in [3.63, 3.8) is 0 Å². The molecule has 6 heterocycles. The topological polar surface area (TPSA) is 118 Å². The number of anilines is 2. The van der Waals surface area contributed by atoms with Gasteiger partial charge in [0.25, 0.3) is 17.7 Å². The summed E-state index contributed by atoms with van der Waals surface area (Å²) in [6.45, 7) is 15.4. The summed E-state index contributed by atoms with van der Waals surface area (Å²) in [5.74, 6) is -1.89. The number of nitrogens with one attached hydrogen (secondary N) is 1. The van der Waals surface area contributed by atoms with Crippen LogP contribution in [0.4, 0.5) is 17.1 Å². The van der Waals surface area contributed by atoms with Gasteiger partial charge in [-0.25, -0.2) is 4.85 Å². The second-order valence-corrected chi connectivity index (χ2v) is 17.2. The first-order chi connectivity index (χ1) is 27.5. The number of imide groups is 2. The predicted octanol–water partition coefficient (Wildman–Crippen LogP) is 5.84. The molecule has 13 heteroatoms. The van der Waals surface area contributed by atoms with Crippen LogP contribution in [0.25, 0.3) is 4.85 Å². The summed E-state index contributed by atoms with van der Waals surface area (Å²) in [6, 6.07) is 17.3. The highest BCUT2D eigenvalue weighted by atomic mass is 35.5. The molecule has 6 aliphatic rings. The van der Waals surface area contributed by atoms with Gasteiger partial charge in [-0.2, -0.15) is 0 Å². The minimum absolute atomic E-state index is 0.0606. The number of carbonyl (C=O) groups excluding carboxylic acids is 5. The van der Waals surface area contributed by atoms with Crippen molar-refractivity contribution in [3.8, 4) is 0 Å². The maximum atomic E-state index is 13.6. The molecule has 0 aromatic heterocycles. The molecule has 0 radical (unpaired) electrons. The molecule has 4 saturated heterocycles. The number of rotatable bonds is 5. The molecule has 1 spiro atoms. The highest BCUT2D eigenvalue weighted by Gasteiger charge is 2.46. The lowest BCUT2D eigenvalue weighted by Crippen LogP contribution is -2.54. The minimum atomic E-state index is -0.977. The summed E-state index contributed by atoms with van der Waals surface area (Å²) in [7, 11) is 0. The molecule has 294 valence electrons. The monoisotopic (exact) mass is 787 g/mol. The SMILES string of the molecule is [C-]#[N+]c1ccc(N2CC3(CCN(c4ccc(C(=O)N5CCC(N6CCc7cc8c(cc7C6)C(=O)N(C6CCC(=O)NC6=O)C8=O)CC5)cc4)CC3)C[C@@H]2C)cc1Cl. The van der Waals surface area contributed by atoms with E-state index >= 15 is 0 Å². The van der Waals surface area contributed by atoms with Gasteiger partial charge >= 0.3 is 0 Å². The van der Waals surface area contributed by atoms with Gasteiger partial charge in [-0.05, 0) is 117 Å². The fourth-order valence-corrected chi connectivity index (χ4v) is 10.5. The molecule has 0 saturated carbocycles. The highest BCUT2D eigenvalue weighted by Crippen LogP contribution is 2.46. The van der Waals surface area contributed by atoms with Crippen LogP contribution < -0.4 is 15.1 Å². The summed E-state index contributed by atoms with van der Waals surface area (Å²) >= 11 is 6.39. The minimum Gasteiger partial charge on any atom is -0.371 e. The number of likely N-dealkylation sites (tertiary alicyclic amines) is 1. The molecule has 9 rings (SSSR count). The van der Waals surface area contributed by atoms with E-state index in [-0.39, 0.29) is 24.2 Å². The summed E-state index contributed by atoms with van der Waals surface area (Å²) in [6.07, 6.45) is 6.02. The molecule has 1 unspecified atom stereocenters. The van der Waals surface area contributed by atoms with Crippen LogP contribution >= 0.6 is 11.6 Å². The Kier molecular flexibility index (Phi) is 9.56. The zero-order valence-electron chi connectivity index (χ0n) is 32.1. The average molecular weight is 788 g/mol. The molecule has 5 amide bonds. The molecular formula is C44H46ClN7O5. The van der Waals surface area contributed by atoms with Crippen LogP contribution in [0.1, 0.15) is 94.1 Å². The summed E-state index contributed by atoms with van der Waals surface area (Å²) in [4.78, 5) is 78.4. The van der Waals surface area contributed by atoms with Gasteiger partial charge in [0, 0.05) is 86.3 Å². The van der Waals surface area contributed by atoms with E-state index < -0.39 is 29.7 Å². The third kappa shape index (κ3) is 6.74. The molecule has 6 aliphatic heterocycles. The van der Waals surface area contributed by atoms with Gasteiger partial charge in [0.05, 0.1) is 17.7 Å². The van der Waals surface area contributed by atoms with E-state index in [4.69, 9.17) is 18.2 Å². The number of benzene rings is 3. The first-order valence-corrected chi connectivity index (χ1v) is 20.6. The zero-order chi connectivity index (χ0) is 39.6. The highest BCUT2D eigenvalue weighted by molar-refractivity contribution is 6.33. The Morgan fingerprint density at radius 2 is 1.53 bits per heavy atom. The third-order valence-electron chi connectivity index (χ3n) is 13.5. The van der Waals surface area contributed by atoms with Crippen LogP contribution in [0.3, 0.4) is 0 Å². The normalized spacial score (nSPS) is 23.8. The summed E-state index contributed by atoms with van der Waals surface area (Å²) in [5, 5.41) is 2.76. The number of carbonyl (C=O) groups is 5. The fourth-order valence-electron chi connectivity index (χ4n) is 10.3. The average Bonchev–Trinajstić information content (AvgIpc) is 3.67. The first kappa shape index (κ1) is 37.3. The van der Waals surface area contributed by atoms with Crippen LogP contribution in [0.5, 0.6) is 0 Å². The van der Waals surface area contributed by atoms with Gasteiger partial charge in [-0.3, -0.25) is 39.1 Å². The molecule has 2 atom stereocenters. The molecule has 0 aliphatic carbocycles. The Morgan fingerprint density at radius 1 is 0.842 bits per heavy atom. The Hall–Kier alpha value is -5.25. The molecule has 3 aromatic rings. The molecule has 3 aromatic carbocycles. The van der Waals surface area contributed by atoms with E-state index in [2.05, 4.69) is 43.9 Å². The van der Waals surface area contributed by atoms with Crippen molar-refractivity contribution in [2.45, 2.75) is 83.0 Å². The standard InChI is InChI=1S/C44H46ClN7O5/c1-27-24-44(26-51(27)33-7-8-37(46-2)36(45)23-33)14-19-48(20-15-44)31-5-3-28(4-6-31)41(55)49-17-12-32(13-18-49)50-16-11-29-21-34-35(22-30(29)25-50)43(57)52(42(34)56)38-9-10-39(53)47-40(38)54/h3-8,21-23,27,32,38H,9-20,24-26H2,1H3,(H,47,53,54)/t27-,38?/m0/s1. The Bertz CT molecular complexity index is 2220. The molecule has 57 heavy (non-hydrogen) atoms. The Balaban J connectivity index is 0.772. The number of halogens is 1. The number of hydrogen-bond acceptors (Lipinski definition) is 8. The smallest absolute Gasteiger partial charge is 0.262 e. The fraction of sp³-hybridized carbons (Fsp3) is 0.455. The van der Waals surface area contributed by atoms with Crippen LogP contribution in [0.2, 0.25) is 5.02 Å². The van der Waals surface area contributed by atoms with Crippen molar-refractivity contribution < 1.29 is 24.0 Å². The lowest BCUT2D eigenvalue weighted by atomic mass is 9.76. The third-order valence-corrected chi connectivity index (χ3v) is 13.8. The zero-order valence-corrected chi connectivity index (χ0v) is 32.9. The van der Waals surface area contributed by atoms with Crippen LogP contribution in [-0.2, 0) is 22.6 Å². The molecular weight excluding hydrogens is 742 g/mol. The summed E-state index contributed by atoms with van der Waals surface area (Å²) in [5.41, 5.74) is 6.40.